The van der Waals surface area contributed by atoms with Crippen LogP contribution in [-0.2, 0) is 0 Å². The summed E-state index contributed by atoms with van der Waals surface area (Å²) in [6.07, 6.45) is 4.57. The van der Waals surface area contributed by atoms with E-state index in [-0.39, 0.29) is 5.15 Å². The standard InChI is InChI=1S/C8H6ClN3O/c9-7-6(10)5(1-2-11-7)8-12-3-4-13-8/h1-4H,10H2. The Morgan fingerprint density at radius 1 is 1.31 bits per heavy atom. The van der Waals surface area contributed by atoms with Gasteiger partial charge in [0.1, 0.15) is 6.26 Å². The average molecular weight is 196 g/mol. The molecule has 0 aliphatic heterocycles. The molecule has 0 bridgehead atoms. The van der Waals surface area contributed by atoms with Crippen molar-refractivity contribution in [1.29, 1.82) is 0 Å². The lowest BCUT2D eigenvalue weighted by Crippen LogP contribution is -1.92. The van der Waals surface area contributed by atoms with Gasteiger partial charge in [-0.2, -0.15) is 0 Å². The lowest BCUT2D eigenvalue weighted by Gasteiger charge is -2.01. The highest BCUT2D eigenvalue weighted by molar-refractivity contribution is 6.32. The van der Waals surface area contributed by atoms with Crippen LogP contribution in [-0.4, -0.2) is 9.97 Å². The van der Waals surface area contributed by atoms with Crippen molar-refractivity contribution in [3.8, 4) is 11.5 Å². The highest BCUT2D eigenvalue weighted by atomic mass is 35.5. The van der Waals surface area contributed by atoms with Crippen molar-refractivity contribution >= 4 is 17.3 Å². The second-order valence-corrected chi connectivity index (χ2v) is 2.76. The van der Waals surface area contributed by atoms with Crippen molar-refractivity contribution in [2.75, 3.05) is 5.73 Å². The third-order valence-electron chi connectivity index (χ3n) is 1.60. The number of nitrogens with two attached hydrogens (primary N) is 1. The van der Waals surface area contributed by atoms with Gasteiger partial charge >= 0.3 is 0 Å². The number of nitrogens with zero attached hydrogens (tertiary/aromatic N) is 2. The maximum absolute atomic E-state index is 5.73. The maximum atomic E-state index is 5.73. The van der Waals surface area contributed by atoms with Gasteiger partial charge in [0.25, 0.3) is 0 Å². The number of oxazole rings is 1. The Kier molecular flexibility index (Phi) is 1.90. The summed E-state index contributed by atoms with van der Waals surface area (Å²) in [4.78, 5) is 7.78. The number of hydrogen-bond acceptors (Lipinski definition) is 4. The van der Waals surface area contributed by atoms with Gasteiger partial charge in [0, 0.05) is 6.20 Å². The van der Waals surface area contributed by atoms with Crippen LogP contribution in [0.25, 0.3) is 11.5 Å². The Hall–Kier alpha value is -1.55. The van der Waals surface area contributed by atoms with Gasteiger partial charge in [-0.25, -0.2) is 9.97 Å². The van der Waals surface area contributed by atoms with E-state index in [1.807, 2.05) is 0 Å². The van der Waals surface area contributed by atoms with E-state index in [1.54, 1.807) is 18.5 Å². The number of rotatable bonds is 1. The smallest absolute Gasteiger partial charge is 0.228 e. The number of anilines is 1. The average Bonchev–Trinajstić information content (AvgIpc) is 2.62. The summed E-state index contributed by atoms with van der Waals surface area (Å²) >= 11 is 5.73. The van der Waals surface area contributed by atoms with Gasteiger partial charge in [-0.15, -0.1) is 0 Å². The molecule has 5 heteroatoms. The van der Waals surface area contributed by atoms with E-state index in [4.69, 9.17) is 21.8 Å². The minimum absolute atomic E-state index is 0.260. The lowest BCUT2D eigenvalue weighted by atomic mass is 10.2. The Morgan fingerprint density at radius 3 is 2.85 bits per heavy atom. The van der Waals surface area contributed by atoms with Crippen LogP contribution < -0.4 is 5.73 Å². The van der Waals surface area contributed by atoms with Crippen LogP contribution in [0.15, 0.2) is 29.1 Å². The Bertz CT molecular complexity index is 413. The molecule has 0 aliphatic carbocycles. The predicted molar refractivity (Wildman–Crippen MR) is 49.2 cm³/mol. The summed E-state index contributed by atoms with van der Waals surface area (Å²) in [5.74, 6) is 0.446. The Balaban J connectivity index is 2.59. The Labute approximate surface area is 79.4 Å². The van der Waals surface area contributed by atoms with Crippen LogP contribution in [0, 0.1) is 0 Å². The fourth-order valence-electron chi connectivity index (χ4n) is 0.991. The van der Waals surface area contributed by atoms with Crippen molar-refractivity contribution in [1.82, 2.24) is 9.97 Å². The number of nitrogen functional groups attached to an aromatic ring is 1. The zero-order valence-electron chi connectivity index (χ0n) is 6.57. The fourth-order valence-corrected chi connectivity index (χ4v) is 1.15. The van der Waals surface area contributed by atoms with Gasteiger partial charge in [-0.05, 0) is 6.07 Å². The zero-order valence-corrected chi connectivity index (χ0v) is 7.32. The van der Waals surface area contributed by atoms with E-state index in [0.717, 1.165) is 0 Å². The van der Waals surface area contributed by atoms with Gasteiger partial charge in [0.05, 0.1) is 17.4 Å². The van der Waals surface area contributed by atoms with E-state index < -0.39 is 0 Å². The summed E-state index contributed by atoms with van der Waals surface area (Å²) in [5.41, 5.74) is 6.72. The Morgan fingerprint density at radius 2 is 2.15 bits per heavy atom. The highest BCUT2D eigenvalue weighted by Crippen LogP contribution is 2.28. The first-order valence-corrected chi connectivity index (χ1v) is 3.96. The quantitative estimate of drug-likeness (QED) is 0.707. The SMILES string of the molecule is Nc1c(-c2ncco2)ccnc1Cl. The molecule has 0 amide bonds. The van der Waals surface area contributed by atoms with Gasteiger partial charge < -0.3 is 10.2 Å². The van der Waals surface area contributed by atoms with Crippen molar-refractivity contribution < 1.29 is 4.42 Å². The summed E-state index contributed by atoms with van der Waals surface area (Å²) in [6, 6.07) is 1.70. The van der Waals surface area contributed by atoms with E-state index in [2.05, 4.69) is 9.97 Å². The lowest BCUT2D eigenvalue weighted by molar-refractivity contribution is 0.575. The predicted octanol–water partition coefficient (Wildman–Crippen LogP) is 1.97. The molecule has 2 aromatic heterocycles. The second-order valence-electron chi connectivity index (χ2n) is 2.40. The third kappa shape index (κ3) is 1.36. The highest BCUT2D eigenvalue weighted by Gasteiger charge is 2.09. The third-order valence-corrected chi connectivity index (χ3v) is 1.91. The van der Waals surface area contributed by atoms with E-state index in [1.165, 1.54) is 6.26 Å². The zero-order chi connectivity index (χ0) is 9.26. The fraction of sp³-hybridized carbons (Fsp3) is 0. The molecule has 0 unspecified atom stereocenters. The summed E-state index contributed by atoms with van der Waals surface area (Å²) in [7, 11) is 0. The molecule has 0 aliphatic rings. The molecule has 2 aromatic rings. The molecular formula is C8H6ClN3O. The first-order valence-electron chi connectivity index (χ1n) is 3.59. The van der Waals surface area contributed by atoms with E-state index in [0.29, 0.717) is 17.1 Å². The number of pyridine rings is 1. The van der Waals surface area contributed by atoms with Crippen LogP contribution in [0.3, 0.4) is 0 Å². The number of hydrogen-bond donors (Lipinski definition) is 1. The van der Waals surface area contributed by atoms with E-state index in [9.17, 15) is 0 Å². The monoisotopic (exact) mass is 195 g/mol. The molecular weight excluding hydrogens is 190 g/mol. The maximum Gasteiger partial charge on any atom is 0.228 e. The molecule has 0 radical (unpaired) electrons. The van der Waals surface area contributed by atoms with Crippen molar-refractivity contribution in [3.63, 3.8) is 0 Å². The molecule has 2 heterocycles. The summed E-state index contributed by atoms with van der Waals surface area (Å²) < 4.78 is 5.08. The second kappa shape index (κ2) is 3.06. The van der Waals surface area contributed by atoms with Crippen LogP contribution in [0.4, 0.5) is 5.69 Å². The molecule has 0 saturated heterocycles. The van der Waals surface area contributed by atoms with Crippen LogP contribution in [0.5, 0.6) is 0 Å². The van der Waals surface area contributed by atoms with Crippen molar-refractivity contribution in [2.24, 2.45) is 0 Å². The van der Waals surface area contributed by atoms with E-state index >= 15 is 0 Å². The molecule has 2 N–H and O–H groups in total. The van der Waals surface area contributed by atoms with Crippen molar-refractivity contribution in [2.45, 2.75) is 0 Å². The van der Waals surface area contributed by atoms with Gasteiger partial charge in [-0.3, -0.25) is 0 Å². The summed E-state index contributed by atoms with van der Waals surface area (Å²) in [5, 5.41) is 0.260. The van der Waals surface area contributed by atoms with Crippen molar-refractivity contribution in [3.05, 3.63) is 29.9 Å². The molecule has 0 saturated carbocycles. The van der Waals surface area contributed by atoms with Gasteiger partial charge in [0.15, 0.2) is 5.15 Å². The molecule has 0 aromatic carbocycles. The van der Waals surface area contributed by atoms with Gasteiger partial charge in [-0.1, -0.05) is 11.6 Å². The molecule has 4 nitrogen and oxygen atoms in total. The normalized spacial score (nSPS) is 10.2. The molecule has 0 atom stereocenters. The molecule has 66 valence electrons. The van der Waals surface area contributed by atoms with Gasteiger partial charge in [0.2, 0.25) is 5.89 Å². The first kappa shape index (κ1) is 8.07. The molecule has 2 rings (SSSR count). The molecule has 0 spiro atoms. The number of aromatic nitrogens is 2. The first-order chi connectivity index (χ1) is 6.29. The van der Waals surface area contributed by atoms with Crippen LogP contribution in [0.1, 0.15) is 0 Å². The molecule has 13 heavy (non-hydrogen) atoms. The minimum atomic E-state index is 0.260. The topological polar surface area (TPSA) is 64.9 Å². The molecule has 0 fully saturated rings. The number of halogens is 1. The van der Waals surface area contributed by atoms with Crippen LogP contribution >= 0.6 is 11.6 Å². The largest absolute Gasteiger partial charge is 0.444 e. The van der Waals surface area contributed by atoms with Crippen LogP contribution in [0.2, 0.25) is 5.15 Å². The summed E-state index contributed by atoms with van der Waals surface area (Å²) in [6.45, 7) is 0. The minimum Gasteiger partial charge on any atom is -0.444 e.